The van der Waals surface area contributed by atoms with Gasteiger partial charge in [-0.2, -0.15) is 5.26 Å². The van der Waals surface area contributed by atoms with Crippen molar-refractivity contribution < 1.29 is 18.6 Å². The quantitative estimate of drug-likeness (QED) is 0.524. The van der Waals surface area contributed by atoms with E-state index in [9.17, 15) is 5.26 Å². The highest BCUT2D eigenvalue weighted by Crippen LogP contribution is 2.46. The predicted octanol–water partition coefficient (Wildman–Crippen LogP) is 5.41. The van der Waals surface area contributed by atoms with Crippen LogP contribution in [0.4, 0.5) is 0 Å². The first-order valence-electron chi connectivity index (χ1n) is 11.0. The van der Waals surface area contributed by atoms with Gasteiger partial charge in [-0.3, -0.25) is 0 Å². The standard InChI is InChI=1S/C22H41NO4Si/c1-14(2)28(15(3)4,16(5)6)27-19-12-20(21-13-24-22(8,9)26-21)25-18(10-11-23)17(19)7/h14-21H,10,12-13H2,1-9H3/t17-,18+,19-,20+,21-/m0/s1. The number of hydrogen-bond acceptors (Lipinski definition) is 5. The van der Waals surface area contributed by atoms with Crippen molar-refractivity contribution in [3.63, 3.8) is 0 Å². The van der Waals surface area contributed by atoms with Gasteiger partial charge in [0, 0.05) is 12.3 Å². The SMILES string of the molecule is CC(C)[Si](O[C@H]1C[C@H]([C@@H]2COC(C)(C)O2)O[C@H](CC#N)[C@@H]1C)(C(C)C)C(C)C. The molecule has 162 valence electrons. The predicted molar refractivity (Wildman–Crippen MR) is 113 cm³/mol. The van der Waals surface area contributed by atoms with Crippen LogP contribution in [0.25, 0.3) is 0 Å². The molecule has 5 atom stereocenters. The van der Waals surface area contributed by atoms with Crippen LogP contribution < -0.4 is 0 Å². The molecule has 28 heavy (non-hydrogen) atoms. The van der Waals surface area contributed by atoms with Crippen LogP contribution in [-0.2, 0) is 18.6 Å². The highest BCUT2D eigenvalue weighted by Gasteiger charge is 2.51. The highest BCUT2D eigenvalue weighted by atomic mass is 28.4. The van der Waals surface area contributed by atoms with Crippen molar-refractivity contribution in [1.82, 2.24) is 0 Å². The van der Waals surface area contributed by atoms with Gasteiger partial charge in [0.15, 0.2) is 5.79 Å². The molecule has 0 aromatic rings. The smallest absolute Gasteiger partial charge is 0.200 e. The van der Waals surface area contributed by atoms with Crippen LogP contribution in [0.15, 0.2) is 0 Å². The van der Waals surface area contributed by atoms with Crippen molar-refractivity contribution in [3.8, 4) is 6.07 Å². The van der Waals surface area contributed by atoms with Gasteiger partial charge in [-0.15, -0.1) is 0 Å². The van der Waals surface area contributed by atoms with Gasteiger partial charge in [0.2, 0.25) is 8.32 Å². The fourth-order valence-electron chi connectivity index (χ4n) is 5.37. The van der Waals surface area contributed by atoms with Crippen LogP contribution in [0, 0.1) is 17.2 Å². The average Bonchev–Trinajstić information content (AvgIpc) is 2.94. The first-order chi connectivity index (χ1) is 12.9. The Hall–Kier alpha value is -0.453. The normalized spacial score (nSPS) is 33.6. The van der Waals surface area contributed by atoms with E-state index >= 15 is 0 Å². The van der Waals surface area contributed by atoms with E-state index in [0.29, 0.717) is 29.7 Å². The van der Waals surface area contributed by atoms with Gasteiger partial charge in [-0.1, -0.05) is 48.5 Å². The van der Waals surface area contributed by atoms with Gasteiger partial charge in [0.25, 0.3) is 0 Å². The molecule has 2 aliphatic rings. The molecule has 6 heteroatoms. The lowest BCUT2D eigenvalue weighted by Gasteiger charge is -2.49. The first kappa shape index (κ1) is 23.8. The van der Waals surface area contributed by atoms with Crippen LogP contribution in [0.5, 0.6) is 0 Å². The largest absolute Gasteiger partial charge is 0.413 e. The Morgan fingerprint density at radius 2 is 1.64 bits per heavy atom. The lowest BCUT2D eigenvalue weighted by Crippen LogP contribution is -2.56. The summed E-state index contributed by atoms with van der Waals surface area (Å²) >= 11 is 0. The minimum absolute atomic E-state index is 0.0864. The summed E-state index contributed by atoms with van der Waals surface area (Å²) in [5.74, 6) is -0.390. The number of rotatable bonds is 7. The van der Waals surface area contributed by atoms with E-state index < -0.39 is 14.1 Å². The van der Waals surface area contributed by atoms with Crippen molar-refractivity contribution in [2.24, 2.45) is 5.92 Å². The molecule has 0 N–H and O–H groups in total. The Balaban J connectivity index is 2.28. The van der Waals surface area contributed by atoms with Crippen LogP contribution >= 0.6 is 0 Å². The topological polar surface area (TPSA) is 60.7 Å². The molecule has 5 nitrogen and oxygen atoms in total. The van der Waals surface area contributed by atoms with Crippen LogP contribution in [0.3, 0.4) is 0 Å². The molecule has 2 heterocycles. The molecule has 0 radical (unpaired) electrons. The van der Waals surface area contributed by atoms with Crippen LogP contribution in [0.1, 0.15) is 75.2 Å². The van der Waals surface area contributed by atoms with E-state index in [-0.39, 0.29) is 30.3 Å². The maximum absolute atomic E-state index is 9.34. The Morgan fingerprint density at radius 3 is 2.07 bits per heavy atom. The zero-order valence-electron chi connectivity index (χ0n) is 19.3. The summed E-state index contributed by atoms with van der Waals surface area (Å²) < 4.78 is 25.4. The molecule has 2 saturated heterocycles. The molecule has 2 rings (SSSR count). The number of nitriles is 1. The third-order valence-corrected chi connectivity index (χ3v) is 12.9. The minimum atomic E-state index is -2.02. The number of ether oxygens (including phenoxy) is 3. The molecule has 0 bridgehead atoms. The zero-order chi connectivity index (χ0) is 21.3. The summed E-state index contributed by atoms with van der Waals surface area (Å²) in [6, 6.07) is 2.31. The second-order valence-corrected chi connectivity index (χ2v) is 15.4. The summed E-state index contributed by atoms with van der Waals surface area (Å²) in [6.45, 7) is 20.5. The van der Waals surface area contributed by atoms with Crippen molar-refractivity contribution in [2.75, 3.05) is 6.61 Å². The minimum Gasteiger partial charge on any atom is -0.413 e. The van der Waals surface area contributed by atoms with Crippen LogP contribution in [0.2, 0.25) is 16.6 Å². The molecule has 0 aromatic carbocycles. The monoisotopic (exact) mass is 411 g/mol. The van der Waals surface area contributed by atoms with Crippen molar-refractivity contribution >= 4 is 8.32 Å². The molecule has 0 amide bonds. The Bertz CT molecular complexity index is 535. The molecule has 0 unspecified atom stereocenters. The van der Waals surface area contributed by atoms with Crippen molar-refractivity contribution in [2.45, 2.75) is 122 Å². The number of hydrogen-bond donors (Lipinski definition) is 0. The van der Waals surface area contributed by atoms with Crippen molar-refractivity contribution in [3.05, 3.63) is 0 Å². The van der Waals surface area contributed by atoms with E-state index in [2.05, 4.69) is 54.5 Å². The maximum Gasteiger partial charge on any atom is 0.200 e. The molecule has 2 aliphatic heterocycles. The Kier molecular flexibility index (Phi) is 7.77. The van der Waals surface area contributed by atoms with Gasteiger partial charge in [-0.05, 0) is 30.5 Å². The van der Waals surface area contributed by atoms with E-state index in [0.717, 1.165) is 6.42 Å². The number of nitrogens with zero attached hydrogens (tertiary/aromatic N) is 1. The summed E-state index contributed by atoms with van der Waals surface area (Å²) in [5.41, 5.74) is 1.58. The molecular formula is C22H41NO4Si. The van der Waals surface area contributed by atoms with Gasteiger partial charge < -0.3 is 18.6 Å². The van der Waals surface area contributed by atoms with E-state index in [4.69, 9.17) is 18.6 Å². The molecule has 0 aromatic heterocycles. The lowest BCUT2D eigenvalue weighted by atomic mass is 9.87. The van der Waals surface area contributed by atoms with E-state index in [1.807, 2.05) is 13.8 Å². The maximum atomic E-state index is 9.34. The zero-order valence-corrected chi connectivity index (χ0v) is 20.3. The third kappa shape index (κ3) is 4.81. The fourth-order valence-corrected chi connectivity index (χ4v) is 11.0. The second-order valence-electron chi connectivity index (χ2n) is 10.0. The third-order valence-electron chi connectivity index (χ3n) is 6.79. The fraction of sp³-hybridized carbons (Fsp3) is 0.955. The van der Waals surface area contributed by atoms with Gasteiger partial charge in [0.05, 0.1) is 37.4 Å². The summed E-state index contributed by atoms with van der Waals surface area (Å²) in [6.07, 6.45) is 0.937. The van der Waals surface area contributed by atoms with Crippen molar-refractivity contribution in [1.29, 1.82) is 5.26 Å². The molecular weight excluding hydrogens is 370 g/mol. The first-order valence-corrected chi connectivity index (χ1v) is 13.1. The lowest BCUT2D eigenvalue weighted by molar-refractivity contribution is -0.190. The highest BCUT2D eigenvalue weighted by molar-refractivity contribution is 6.77. The Labute approximate surface area is 173 Å². The van der Waals surface area contributed by atoms with E-state index in [1.165, 1.54) is 0 Å². The van der Waals surface area contributed by atoms with Gasteiger partial charge in [0.1, 0.15) is 6.10 Å². The summed E-state index contributed by atoms with van der Waals surface area (Å²) in [5, 5.41) is 9.34. The second kappa shape index (κ2) is 9.14. The summed E-state index contributed by atoms with van der Waals surface area (Å²) in [7, 11) is -2.02. The molecule has 0 spiro atoms. The molecule has 2 fully saturated rings. The Morgan fingerprint density at radius 1 is 1.07 bits per heavy atom. The van der Waals surface area contributed by atoms with Gasteiger partial charge >= 0.3 is 0 Å². The van der Waals surface area contributed by atoms with Gasteiger partial charge in [-0.25, -0.2) is 0 Å². The van der Waals surface area contributed by atoms with Crippen LogP contribution in [-0.4, -0.2) is 45.1 Å². The van der Waals surface area contributed by atoms with E-state index in [1.54, 1.807) is 0 Å². The average molecular weight is 412 g/mol. The molecule has 0 aliphatic carbocycles. The summed E-state index contributed by atoms with van der Waals surface area (Å²) in [4.78, 5) is 0. The molecule has 0 saturated carbocycles.